The lowest BCUT2D eigenvalue weighted by atomic mass is 9.95. The Kier molecular flexibility index (Phi) is 3.89. The van der Waals surface area contributed by atoms with Crippen LogP contribution < -0.4 is 5.73 Å². The van der Waals surface area contributed by atoms with Crippen molar-refractivity contribution in [3.05, 3.63) is 18.2 Å². The van der Waals surface area contributed by atoms with Crippen molar-refractivity contribution in [2.45, 2.75) is 50.6 Å². The Morgan fingerprint density at radius 2 is 2.11 bits per heavy atom. The summed E-state index contributed by atoms with van der Waals surface area (Å²) in [7, 11) is 2.08. The zero-order valence-corrected chi connectivity index (χ0v) is 12.0. The van der Waals surface area contributed by atoms with Crippen LogP contribution in [0, 0.1) is 5.92 Å². The molecule has 4 heteroatoms. The summed E-state index contributed by atoms with van der Waals surface area (Å²) in [4.78, 5) is 6.94. The van der Waals surface area contributed by atoms with Crippen LogP contribution in [0.2, 0.25) is 0 Å². The van der Waals surface area contributed by atoms with Crippen LogP contribution in [0.5, 0.6) is 0 Å². The lowest BCUT2D eigenvalue weighted by molar-refractivity contribution is 0.134. The van der Waals surface area contributed by atoms with Crippen LogP contribution >= 0.6 is 0 Å². The molecule has 0 spiro atoms. The van der Waals surface area contributed by atoms with E-state index in [9.17, 15) is 0 Å². The topological polar surface area (TPSA) is 47.1 Å². The van der Waals surface area contributed by atoms with Gasteiger partial charge >= 0.3 is 0 Å². The lowest BCUT2D eigenvalue weighted by Crippen LogP contribution is -2.41. The first-order chi connectivity index (χ1) is 9.31. The molecule has 4 nitrogen and oxygen atoms in total. The van der Waals surface area contributed by atoms with Gasteiger partial charge in [-0.2, -0.15) is 0 Å². The van der Waals surface area contributed by atoms with E-state index in [0.29, 0.717) is 12.6 Å². The number of hydrogen-bond acceptors (Lipinski definition) is 3. The summed E-state index contributed by atoms with van der Waals surface area (Å²) in [6.45, 7) is 1.90. The van der Waals surface area contributed by atoms with E-state index >= 15 is 0 Å². The number of nitrogens with two attached hydrogens (primary N) is 1. The largest absolute Gasteiger partial charge is 0.336 e. The van der Waals surface area contributed by atoms with Gasteiger partial charge in [-0.3, -0.25) is 4.90 Å². The van der Waals surface area contributed by atoms with Crippen molar-refractivity contribution in [2.24, 2.45) is 18.7 Å². The molecule has 1 aromatic heterocycles. The smallest absolute Gasteiger partial charge is 0.0946 e. The fourth-order valence-corrected chi connectivity index (χ4v) is 4.16. The van der Waals surface area contributed by atoms with Gasteiger partial charge in [0.05, 0.1) is 18.1 Å². The number of aryl methyl sites for hydroxylation is 1. The second-order valence-electron chi connectivity index (χ2n) is 6.17. The van der Waals surface area contributed by atoms with Crippen molar-refractivity contribution in [2.75, 3.05) is 13.1 Å². The van der Waals surface area contributed by atoms with Crippen LogP contribution in [-0.4, -0.2) is 33.6 Å². The monoisotopic (exact) mass is 262 g/mol. The van der Waals surface area contributed by atoms with Gasteiger partial charge in [0.25, 0.3) is 0 Å². The normalized spacial score (nSPS) is 27.2. The van der Waals surface area contributed by atoms with Gasteiger partial charge in [-0.1, -0.05) is 12.8 Å². The Morgan fingerprint density at radius 3 is 2.74 bits per heavy atom. The van der Waals surface area contributed by atoms with Crippen LogP contribution in [0.3, 0.4) is 0 Å². The highest BCUT2D eigenvalue weighted by atomic mass is 15.2. The molecule has 19 heavy (non-hydrogen) atoms. The third-order valence-corrected chi connectivity index (χ3v) is 5.11. The molecule has 1 saturated carbocycles. The standard InChI is InChI=1S/C15H26N4/c1-18-11-17-10-15(18)14(9-16)19-8-4-7-13(19)12-5-2-3-6-12/h10-14H,2-9,16H2,1H3. The first-order valence-electron chi connectivity index (χ1n) is 7.73. The molecule has 1 aliphatic carbocycles. The predicted molar refractivity (Wildman–Crippen MR) is 76.7 cm³/mol. The van der Waals surface area contributed by atoms with Gasteiger partial charge in [0.2, 0.25) is 0 Å². The number of imidazole rings is 1. The number of rotatable bonds is 4. The molecule has 1 saturated heterocycles. The van der Waals surface area contributed by atoms with Crippen molar-refractivity contribution < 1.29 is 0 Å². The van der Waals surface area contributed by atoms with Gasteiger partial charge in [0.15, 0.2) is 0 Å². The Bertz CT molecular complexity index is 408. The van der Waals surface area contributed by atoms with Crippen LogP contribution in [0.1, 0.15) is 50.3 Å². The molecule has 0 radical (unpaired) electrons. The van der Waals surface area contributed by atoms with Crippen LogP contribution in [-0.2, 0) is 7.05 Å². The molecule has 2 fully saturated rings. The Labute approximate surface area is 116 Å². The maximum absolute atomic E-state index is 6.09. The molecule has 0 bridgehead atoms. The molecule has 3 rings (SSSR count). The minimum Gasteiger partial charge on any atom is -0.336 e. The predicted octanol–water partition coefficient (Wildman–Crippen LogP) is 2.07. The van der Waals surface area contributed by atoms with E-state index in [4.69, 9.17) is 5.73 Å². The summed E-state index contributed by atoms with van der Waals surface area (Å²) in [5.41, 5.74) is 7.36. The van der Waals surface area contributed by atoms with Gasteiger partial charge in [-0.05, 0) is 38.1 Å². The Hall–Kier alpha value is -0.870. The summed E-state index contributed by atoms with van der Waals surface area (Å²) in [6.07, 6.45) is 12.3. The molecule has 106 valence electrons. The molecular formula is C15H26N4. The Balaban J connectivity index is 1.80. The van der Waals surface area contributed by atoms with Crippen molar-refractivity contribution in [1.29, 1.82) is 0 Å². The van der Waals surface area contributed by atoms with Crippen molar-refractivity contribution >= 4 is 0 Å². The minimum atomic E-state index is 0.348. The van der Waals surface area contributed by atoms with Gasteiger partial charge < -0.3 is 10.3 Å². The maximum Gasteiger partial charge on any atom is 0.0946 e. The molecule has 2 aliphatic rings. The lowest BCUT2D eigenvalue weighted by Gasteiger charge is -2.35. The average molecular weight is 262 g/mol. The summed E-state index contributed by atoms with van der Waals surface area (Å²) >= 11 is 0. The highest BCUT2D eigenvalue weighted by molar-refractivity contribution is 5.08. The summed E-state index contributed by atoms with van der Waals surface area (Å²) in [5, 5.41) is 0. The fraction of sp³-hybridized carbons (Fsp3) is 0.800. The molecule has 2 N–H and O–H groups in total. The van der Waals surface area contributed by atoms with Crippen molar-refractivity contribution in [1.82, 2.24) is 14.5 Å². The Morgan fingerprint density at radius 1 is 1.32 bits per heavy atom. The van der Waals surface area contributed by atoms with Gasteiger partial charge in [0.1, 0.15) is 0 Å². The van der Waals surface area contributed by atoms with Gasteiger partial charge in [-0.25, -0.2) is 4.98 Å². The number of nitrogens with zero attached hydrogens (tertiary/aromatic N) is 3. The number of likely N-dealkylation sites (tertiary alicyclic amines) is 1. The van der Waals surface area contributed by atoms with Crippen molar-refractivity contribution in [3.63, 3.8) is 0 Å². The van der Waals surface area contributed by atoms with Crippen LogP contribution in [0.15, 0.2) is 12.5 Å². The molecule has 2 atom stereocenters. The van der Waals surface area contributed by atoms with E-state index < -0.39 is 0 Å². The summed E-state index contributed by atoms with van der Waals surface area (Å²) in [6, 6.07) is 1.10. The summed E-state index contributed by atoms with van der Waals surface area (Å²) in [5.74, 6) is 0.907. The second-order valence-corrected chi connectivity index (χ2v) is 6.17. The molecule has 1 aliphatic heterocycles. The second kappa shape index (κ2) is 5.63. The molecule has 0 aromatic carbocycles. The van der Waals surface area contributed by atoms with E-state index in [0.717, 1.165) is 12.0 Å². The van der Waals surface area contributed by atoms with E-state index in [1.807, 2.05) is 12.5 Å². The maximum atomic E-state index is 6.09. The fourth-order valence-electron chi connectivity index (χ4n) is 4.16. The molecule has 2 heterocycles. The van der Waals surface area contributed by atoms with E-state index in [-0.39, 0.29) is 0 Å². The van der Waals surface area contributed by atoms with Gasteiger partial charge in [-0.15, -0.1) is 0 Å². The average Bonchev–Trinajstić information content (AvgIpc) is 3.11. The molecule has 0 amide bonds. The zero-order valence-electron chi connectivity index (χ0n) is 12.0. The van der Waals surface area contributed by atoms with E-state index in [1.165, 1.54) is 50.8 Å². The molecular weight excluding hydrogens is 236 g/mol. The van der Waals surface area contributed by atoms with Crippen LogP contribution in [0.25, 0.3) is 0 Å². The first kappa shape index (κ1) is 13.1. The molecule has 1 aromatic rings. The minimum absolute atomic E-state index is 0.348. The SMILES string of the molecule is Cn1cncc1C(CN)N1CCCC1C1CCCC1. The highest BCUT2D eigenvalue weighted by Gasteiger charge is 2.37. The number of hydrogen-bond donors (Lipinski definition) is 1. The first-order valence-corrected chi connectivity index (χ1v) is 7.73. The third kappa shape index (κ3) is 2.43. The zero-order chi connectivity index (χ0) is 13.2. The third-order valence-electron chi connectivity index (χ3n) is 5.11. The van der Waals surface area contributed by atoms with Gasteiger partial charge in [0, 0.05) is 25.8 Å². The van der Waals surface area contributed by atoms with E-state index in [2.05, 4.69) is 21.5 Å². The van der Waals surface area contributed by atoms with Crippen molar-refractivity contribution in [3.8, 4) is 0 Å². The highest BCUT2D eigenvalue weighted by Crippen LogP contribution is 2.39. The molecule has 2 unspecified atom stereocenters. The van der Waals surface area contributed by atoms with Crippen LogP contribution in [0.4, 0.5) is 0 Å². The summed E-state index contributed by atoms with van der Waals surface area (Å²) < 4.78 is 2.13. The number of aromatic nitrogens is 2. The quantitative estimate of drug-likeness (QED) is 0.903. The van der Waals surface area contributed by atoms with E-state index in [1.54, 1.807) is 0 Å².